The maximum Gasteiger partial charge on any atom is 0.360 e. The van der Waals surface area contributed by atoms with Crippen molar-refractivity contribution in [1.82, 2.24) is 15.0 Å². The molecule has 0 spiro atoms. The molecule has 1 aromatic carbocycles. The van der Waals surface area contributed by atoms with Crippen LogP contribution in [0.2, 0.25) is 0 Å². The van der Waals surface area contributed by atoms with Crippen LogP contribution >= 0.6 is 11.3 Å². The van der Waals surface area contributed by atoms with E-state index in [-0.39, 0.29) is 10.6 Å². The van der Waals surface area contributed by atoms with Crippen LogP contribution in [0, 0.1) is 13.8 Å². The molecule has 3 rings (SSSR count). The second-order valence-corrected chi connectivity index (χ2v) is 8.55. The number of benzene rings is 1. The van der Waals surface area contributed by atoms with E-state index in [0.717, 1.165) is 4.88 Å². The van der Waals surface area contributed by atoms with Crippen molar-refractivity contribution in [1.29, 1.82) is 0 Å². The Hall–Kier alpha value is -2.72. The molecule has 10 heteroatoms. The fourth-order valence-electron chi connectivity index (χ4n) is 2.41. The van der Waals surface area contributed by atoms with Gasteiger partial charge in [-0.2, -0.15) is 0 Å². The molecule has 0 bridgehead atoms. The van der Waals surface area contributed by atoms with Gasteiger partial charge in [0.25, 0.3) is 10.0 Å². The van der Waals surface area contributed by atoms with Gasteiger partial charge in [-0.05, 0) is 32.0 Å². The highest BCUT2D eigenvalue weighted by Crippen LogP contribution is 2.28. The number of aromatic nitrogens is 3. The van der Waals surface area contributed by atoms with E-state index in [2.05, 4.69) is 19.8 Å². The van der Waals surface area contributed by atoms with Gasteiger partial charge in [0, 0.05) is 9.75 Å². The number of methoxy groups -OCH3 is 1. The van der Waals surface area contributed by atoms with Gasteiger partial charge in [0.1, 0.15) is 4.90 Å². The van der Waals surface area contributed by atoms with Gasteiger partial charge >= 0.3 is 5.97 Å². The third kappa shape index (κ3) is 3.46. The van der Waals surface area contributed by atoms with Gasteiger partial charge in [-0.3, -0.25) is 4.72 Å². The third-order valence-electron chi connectivity index (χ3n) is 3.57. The standard InChI is InChI=1S/C16H16N4O4S2/c1-10-8-15(11(2)25-10)26(22,23)18-12-6-4-5-7-14(12)20-9-13(17-19-20)16(21)24-3/h4-9,18H,1-3H3. The van der Waals surface area contributed by atoms with Crippen molar-refractivity contribution in [2.45, 2.75) is 18.7 Å². The number of hydrogen-bond donors (Lipinski definition) is 1. The number of sulfonamides is 1. The van der Waals surface area contributed by atoms with Crippen molar-refractivity contribution in [3.63, 3.8) is 0 Å². The lowest BCUT2D eigenvalue weighted by Gasteiger charge is -2.12. The monoisotopic (exact) mass is 392 g/mol. The summed E-state index contributed by atoms with van der Waals surface area (Å²) in [5.74, 6) is -0.626. The first-order valence-electron chi connectivity index (χ1n) is 7.52. The Bertz CT molecular complexity index is 1070. The summed E-state index contributed by atoms with van der Waals surface area (Å²) in [4.78, 5) is 13.4. The highest BCUT2D eigenvalue weighted by Gasteiger charge is 2.21. The molecule has 0 atom stereocenters. The van der Waals surface area contributed by atoms with Gasteiger partial charge in [-0.1, -0.05) is 17.3 Å². The normalized spacial score (nSPS) is 11.3. The molecule has 0 aliphatic heterocycles. The first kappa shape index (κ1) is 18.1. The average molecular weight is 392 g/mol. The highest BCUT2D eigenvalue weighted by molar-refractivity contribution is 7.93. The lowest BCUT2D eigenvalue weighted by Crippen LogP contribution is -2.15. The molecule has 0 aliphatic carbocycles. The number of ether oxygens (including phenoxy) is 1. The number of thiophene rings is 1. The maximum absolute atomic E-state index is 12.8. The molecule has 8 nitrogen and oxygen atoms in total. The molecule has 0 unspecified atom stereocenters. The van der Waals surface area contributed by atoms with Crippen molar-refractivity contribution < 1.29 is 17.9 Å². The molecule has 3 aromatic rings. The van der Waals surface area contributed by atoms with E-state index < -0.39 is 16.0 Å². The summed E-state index contributed by atoms with van der Waals surface area (Å²) in [5, 5.41) is 7.61. The van der Waals surface area contributed by atoms with Crippen molar-refractivity contribution in [2.24, 2.45) is 0 Å². The molecule has 2 aromatic heterocycles. The summed E-state index contributed by atoms with van der Waals surface area (Å²) >= 11 is 1.42. The molecule has 0 amide bonds. The van der Waals surface area contributed by atoms with Crippen LogP contribution in [0.15, 0.2) is 41.4 Å². The fraction of sp³-hybridized carbons (Fsp3) is 0.188. The van der Waals surface area contributed by atoms with Crippen molar-refractivity contribution in [3.05, 3.63) is 52.0 Å². The van der Waals surface area contributed by atoms with E-state index in [1.54, 1.807) is 37.3 Å². The Morgan fingerprint density at radius 3 is 2.65 bits per heavy atom. The average Bonchev–Trinajstić information content (AvgIpc) is 3.21. The second kappa shape index (κ2) is 6.89. The largest absolute Gasteiger partial charge is 0.464 e. The van der Waals surface area contributed by atoms with Crippen molar-refractivity contribution in [3.8, 4) is 5.69 Å². The predicted molar refractivity (Wildman–Crippen MR) is 97.3 cm³/mol. The maximum atomic E-state index is 12.8. The number of rotatable bonds is 5. The summed E-state index contributed by atoms with van der Waals surface area (Å²) in [6.07, 6.45) is 1.37. The molecule has 0 saturated carbocycles. The number of nitrogens with one attached hydrogen (secondary N) is 1. The minimum Gasteiger partial charge on any atom is -0.464 e. The number of nitrogens with zero attached hydrogens (tertiary/aromatic N) is 3. The van der Waals surface area contributed by atoms with Crippen LogP contribution in [0.5, 0.6) is 0 Å². The Labute approximate surface area is 154 Å². The van der Waals surface area contributed by atoms with Crippen LogP contribution < -0.4 is 4.72 Å². The topological polar surface area (TPSA) is 103 Å². The lowest BCUT2D eigenvalue weighted by atomic mass is 10.3. The van der Waals surface area contributed by atoms with Gasteiger partial charge < -0.3 is 4.74 Å². The quantitative estimate of drug-likeness (QED) is 0.669. The number of aryl methyl sites for hydroxylation is 2. The van der Waals surface area contributed by atoms with E-state index in [4.69, 9.17) is 0 Å². The minimum absolute atomic E-state index is 0.0227. The zero-order valence-electron chi connectivity index (χ0n) is 14.3. The van der Waals surface area contributed by atoms with E-state index in [9.17, 15) is 13.2 Å². The fourth-order valence-corrected chi connectivity index (χ4v) is 5.04. The summed E-state index contributed by atoms with van der Waals surface area (Å²) in [6.45, 7) is 3.62. The van der Waals surface area contributed by atoms with Crippen LogP contribution in [0.4, 0.5) is 5.69 Å². The van der Waals surface area contributed by atoms with Crippen LogP contribution in [-0.2, 0) is 14.8 Å². The predicted octanol–water partition coefficient (Wildman–Crippen LogP) is 2.53. The number of esters is 1. The molecular formula is C16H16N4O4S2. The van der Waals surface area contributed by atoms with Crippen LogP contribution in [0.25, 0.3) is 5.69 Å². The molecule has 136 valence electrons. The Morgan fingerprint density at radius 1 is 1.27 bits per heavy atom. The van der Waals surface area contributed by atoms with E-state index in [1.165, 1.54) is 29.3 Å². The molecule has 0 fully saturated rings. The molecule has 26 heavy (non-hydrogen) atoms. The van der Waals surface area contributed by atoms with Crippen LogP contribution in [0.1, 0.15) is 20.2 Å². The van der Waals surface area contributed by atoms with Gasteiger partial charge in [-0.25, -0.2) is 17.9 Å². The number of hydrogen-bond acceptors (Lipinski definition) is 7. The molecule has 1 N–H and O–H groups in total. The summed E-state index contributed by atoms with van der Waals surface area (Å²) in [5.41, 5.74) is 0.773. The first-order valence-corrected chi connectivity index (χ1v) is 9.81. The number of para-hydroxylation sites is 2. The van der Waals surface area contributed by atoms with Gasteiger partial charge in [0.05, 0.1) is 24.7 Å². The zero-order valence-corrected chi connectivity index (χ0v) is 15.9. The highest BCUT2D eigenvalue weighted by atomic mass is 32.2. The smallest absolute Gasteiger partial charge is 0.360 e. The van der Waals surface area contributed by atoms with Crippen molar-refractivity contribution >= 4 is 33.0 Å². The summed E-state index contributed by atoms with van der Waals surface area (Å²) in [7, 11) is -2.52. The van der Waals surface area contributed by atoms with Gasteiger partial charge in [0.2, 0.25) is 0 Å². The SMILES string of the molecule is COC(=O)c1cn(-c2ccccc2NS(=O)(=O)c2cc(C)sc2C)nn1. The summed E-state index contributed by atoms with van der Waals surface area (Å²) < 4.78 is 34.0. The number of carbonyl (C=O) groups excluding carboxylic acids is 1. The Morgan fingerprint density at radius 2 is 2.00 bits per heavy atom. The summed E-state index contributed by atoms with van der Waals surface area (Å²) in [6, 6.07) is 8.34. The second-order valence-electron chi connectivity index (χ2n) is 5.44. The number of anilines is 1. The van der Waals surface area contributed by atoms with E-state index in [1.807, 2.05) is 6.92 Å². The van der Waals surface area contributed by atoms with Crippen LogP contribution in [-0.4, -0.2) is 36.5 Å². The molecular weight excluding hydrogens is 376 g/mol. The lowest BCUT2D eigenvalue weighted by molar-refractivity contribution is 0.0594. The number of carbonyl (C=O) groups is 1. The third-order valence-corrected chi connectivity index (χ3v) is 6.15. The molecule has 2 heterocycles. The molecule has 0 radical (unpaired) electrons. The first-order chi connectivity index (χ1) is 12.3. The zero-order chi connectivity index (χ0) is 18.9. The Kier molecular flexibility index (Phi) is 4.79. The van der Waals surface area contributed by atoms with Gasteiger partial charge in [-0.15, -0.1) is 16.4 Å². The van der Waals surface area contributed by atoms with Crippen molar-refractivity contribution in [2.75, 3.05) is 11.8 Å². The van der Waals surface area contributed by atoms with Crippen LogP contribution in [0.3, 0.4) is 0 Å². The Balaban J connectivity index is 1.99. The van der Waals surface area contributed by atoms with E-state index >= 15 is 0 Å². The molecule has 0 aliphatic rings. The molecule has 0 saturated heterocycles. The minimum atomic E-state index is -3.76. The van der Waals surface area contributed by atoms with E-state index in [0.29, 0.717) is 16.3 Å². The van der Waals surface area contributed by atoms with Gasteiger partial charge in [0.15, 0.2) is 5.69 Å².